The maximum atomic E-state index is 13.3. The molecule has 0 aromatic heterocycles. The number of halogens is 2. The van der Waals surface area contributed by atoms with E-state index in [1.165, 1.54) is 27.1 Å². The Bertz CT molecular complexity index is 944. The molecule has 0 bridgehead atoms. The average Bonchev–Trinajstić information content (AvgIpc) is 2.91. The molecule has 2 aromatic rings. The molecule has 3 rings (SSSR count). The van der Waals surface area contributed by atoms with Gasteiger partial charge in [-0.2, -0.15) is 0 Å². The summed E-state index contributed by atoms with van der Waals surface area (Å²) in [5, 5.41) is 2.89. The zero-order chi connectivity index (χ0) is 22.1. The van der Waals surface area contributed by atoms with Crippen LogP contribution in [0.15, 0.2) is 80.7 Å². The summed E-state index contributed by atoms with van der Waals surface area (Å²) in [5.41, 5.74) is 3.95. The Balaban J connectivity index is 0.00000256. The fourth-order valence-electron chi connectivity index (χ4n) is 4.22. The first-order valence-electron chi connectivity index (χ1n) is 10.8. The van der Waals surface area contributed by atoms with Gasteiger partial charge in [-0.3, -0.25) is 0 Å². The van der Waals surface area contributed by atoms with Crippen molar-refractivity contribution in [1.82, 2.24) is 3.26 Å². The minimum Gasteiger partial charge on any atom is -1.00 e. The number of rotatable bonds is 5. The van der Waals surface area contributed by atoms with Crippen molar-refractivity contribution >= 4 is 22.2 Å². The molecular weight excluding hydrogens is 533 g/mol. The van der Waals surface area contributed by atoms with Crippen LogP contribution in [0.2, 0.25) is 0 Å². The maximum Gasteiger partial charge on any atom is -1.00 e. The molecule has 1 unspecified atom stereocenters. The van der Waals surface area contributed by atoms with Gasteiger partial charge in [0.25, 0.3) is 0 Å². The molecule has 0 saturated carbocycles. The van der Waals surface area contributed by atoms with E-state index < -0.39 is 27.1 Å². The molecule has 0 spiro atoms. The van der Waals surface area contributed by atoms with Gasteiger partial charge in [-0.1, -0.05) is 0 Å². The van der Waals surface area contributed by atoms with Crippen LogP contribution in [0.1, 0.15) is 48.5 Å². The topological polar surface area (TPSA) is 29.1 Å². The standard InChI is InChI=1S/C12H11Si.C9H13.C5H11NO.2ClH.Zr/c1-3-7-11(8-4-1)13-12-9-5-2-6-10-12;1-6-5-7(2)9(4)8(6)3;1-5(2,3)4(6)7;;;/h1-10,13H;6H,1-4H3;1-3H3,(H2,6,7);2*1H;/q;;;;;+3/p-3. The first kappa shape index (κ1) is 29.1. The van der Waals surface area contributed by atoms with E-state index in [0.29, 0.717) is 5.92 Å². The fourth-order valence-corrected chi connectivity index (χ4v) is 26.6. The summed E-state index contributed by atoms with van der Waals surface area (Å²) in [6.45, 7) is 15.2. The number of hydrogen-bond donors (Lipinski definition) is 1. The van der Waals surface area contributed by atoms with Crippen molar-refractivity contribution in [3.63, 3.8) is 0 Å². The third kappa shape index (κ3) is 6.14. The molecule has 1 aliphatic rings. The van der Waals surface area contributed by atoms with Gasteiger partial charge in [-0.05, 0) is 0 Å². The molecule has 1 atom stereocenters. The van der Waals surface area contributed by atoms with Crippen molar-refractivity contribution in [2.45, 2.75) is 48.5 Å². The predicted molar refractivity (Wildman–Crippen MR) is 127 cm³/mol. The number of carbonyl (C=O) groups excluding carboxylic acids is 1. The normalized spacial score (nSPS) is 15.9. The molecule has 6 heteroatoms. The van der Waals surface area contributed by atoms with E-state index in [4.69, 9.17) is 0 Å². The minimum absolute atomic E-state index is 0. The van der Waals surface area contributed by atoms with Crippen molar-refractivity contribution in [3.05, 3.63) is 80.7 Å². The van der Waals surface area contributed by atoms with E-state index in [9.17, 15) is 4.79 Å². The molecule has 1 N–H and O–H groups in total. The molecule has 32 heavy (non-hydrogen) atoms. The van der Waals surface area contributed by atoms with Gasteiger partial charge >= 0.3 is 192 Å². The van der Waals surface area contributed by atoms with Crippen molar-refractivity contribution in [1.29, 1.82) is 0 Å². The van der Waals surface area contributed by atoms with Crippen LogP contribution >= 0.6 is 0 Å². The van der Waals surface area contributed by atoms with Crippen LogP contribution < -0.4 is 38.4 Å². The Hall–Kier alpha value is -0.930. The molecule has 0 fully saturated rings. The fraction of sp³-hybridized carbons (Fsp3) is 0.346. The van der Waals surface area contributed by atoms with Gasteiger partial charge in [0.05, 0.1) is 0 Å². The number of allylic oxidation sites excluding steroid dienone is 4. The first-order valence-corrected chi connectivity index (χ1v) is 19.2. The van der Waals surface area contributed by atoms with E-state index in [2.05, 4.69) is 91.6 Å². The molecule has 2 nitrogen and oxygen atoms in total. The van der Waals surface area contributed by atoms with E-state index >= 15 is 0 Å². The molecule has 0 saturated heterocycles. The third-order valence-electron chi connectivity index (χ3n) is 6.41. The summed E-state index contributed by atoms with van der Waals surface area (Å²) in [5.74, 6) is -0.961. The minimum atomic E-state index is -2.60. The third-order valence-corrected chi connectivity index (χ3v) is 25.6. The number of nitrogens with one attached hydrogen (secondary N) is 1. The average molecular weight is 567 g/mol. The Morgan fingerprint density at radius 1 is 0.844 bits per heavy atom. The van der Waals surface area contributed by atoms with E-state index in [1.807, 2.05) is 20.8 Å². The summed E-state index contributed by atoms with van der Waals surface area (Å²) < 4.78 is 5.32. The quantitative estimate of drug-likeness (QED) is 0.439. The van der Waals surface area contributed by atoms with Gasteiger partial charge in [0, 0.05) is 0 Å². The SMILES string of the molecule is CC1=C(C)C(C)[C]([Zr+2]([NH]C(=O)C(C)(C)C)[SiH](c2ccccc2)c2ccccc2)=C1C.[Cl-].[Cl-]. The van der Waals surface area contributed by atoms with Crippen LogP contribution in [0.3, 0.4) is 0 Å². The molecule has 0 aliphatic heterocycles. The number of hydrogen-bond acceptors (Lipinski definition) is 1. The predicted octanol–water partition coefficient (Wildman–Crippen LogP) is -1.51. The number of amides is 1. The molecule has 1 aliphatic carbocycles. The van der Waals surface area contributed by atoms with Gasteiger partial charge in [0.15, 0.2) is 0 Å². The molecule has 2 aromatic carbocycles. The van der Waals surface area contributed by atoms with E-state index in [1.54, 1.807) is 3.28 Å². The van der Waals surface area contributed by atoms with Crippen molar-refractivity contribution < 1.29 is 50.8 Å². The summed E-state index contributed by atoms with van der Waals surface area (Å²) in [7, 11) is 0. The van der Waals surface area contributed by atoms with Gasteiger partial charge in [0.1, 0.15) is 0 Å². The Labute approximate surface area is 215 Å². The van der Waals surface area contributed by atoms with E-state index in [-0.39, 0.29) is 36.1 Å². The smallest absolute Gasteiger partial charge is 1.00 e. The molecule has 0 radical (unpaired) electrons. The van der Waals surface area contributed by atoms with Crippen LogP contribution in [0.4, 0.5) is 0 Å². The van der Waals surface area contributed by atoms with Crippen LogP contribution in [0, 0.1) is 11.3 Å². The van der Waals surface area contributed by atoms with Gasteiger partial charge in [-0.15, -0.1) is 0 Å². The van der Waals surface area contributed by atoms with Crippen molar-refractivity contribution in [2.24, 2.45) is 11.3 Å². The first-order chi connectivity index (χ1) is 14.1. The molecule has 0 heterocycles. The Kier molecular flexibility index (Phi) is 10.9. The Morgan fingerprint density at radius 2 is 1.28 bits per heavy atom. The molecule has 171 valence electrons. The second-order valence-corrected chi connectivity index (χ2v) is 23.3. The van der Waals surface area contributed by atoms with Crippen LogP contribution in [0.25, 0.3) is 0 Å². The Morgan fingerprint density at radius 3 is 1.62 bits per heavy atom. The maximum absolute atomic E-state index is 13.3. The van der Waals surface area contributed by atoms with Crippen LogP contribution in [-0.2, 0) is 26.0 Å². The van der Waals surface area contributed by atoms with Gasteiger partial charge in [0.2, 0.25) is 0 Å². The number of carbonyl (C=O) groups is 1. The van der Waals surface area contributed by atoms with Crippen molar-refractivity contribution in [2.75, 3.05) is 0 Å². The molecular formula is C26H34Cl2NOSiZr. The summed E-state index contributed by atoms with van der Waals surface area (Å²) in [6, 6.07) is 21.9. The largest absolute Gasteiger partial charge is 1.00 e. The zero-order valence-corrected chi connectivity index (χ0v) is 25.2. The monoisotopic (exact) mass is 564 g/mol. The summed E-state index contributed by atoms with van der Waals surface area (Å²) >= 11 is -2.60. The van der Waals surface area contributed by atoms with E-state index in [0.717, 1.165) is 0 Å². The van der Waals surface area contributed by atoms with Crippen LogP contribution in [-0.4, -0.2) is 11.8 Å². The second kappa shape index (κ2) is 12.0. The van der Waals surface area contributed by atoms with Gasteiger partial charge in [-0.25, -0.2) is 0 Å². The number of benzene rings is 2. The second-order valence-electron chi connectivity index (χ2n) is 9.44. The zero-order valence-electron chi connectivity index (χ0n) is 20.1. The van der Waals surface area contributed by atoms with Crippen LogP contribution in [0.5, 0.6) is 0 Å². The summed E-state index contributed by atoms with van der Waals surface area (Å²) in [6.07, 6.45) is 0. The van der Waals surface area contributed by atoms with Crippen molar-refractivity contribution in [3.8, 4) is 0 Å². The van der Waals surface area contributed by atoms with Gasteiger partial charge < -0.3 is 24.8 Å². The molecule has 1 amide bonds. The summed E-state index contributed by atoms with van der Waals surface area (Å²) in [4.78, 5) is 13.3.